The van der Waals surface area contributed by atoms with E-state index in [-0.39, 0.29) is 18.4 Å². The van der Waals surface area contributed by atoms with E-state index in [9.17, 15) is 13.2 Å². The van der Waals surface area contributed by atoms with Crippen LogP contribution in [-0.4, -0.2) is 44.3 Å². The zero-order valence-corrected chi connectivity index (χ0v) is 8.46. The highest BCUT2D eigenvalue weighted by atomic mass is 32.2. The Labute approximate surface area is 82.6 Å². The van der Waals surface area contributed by atoms with E-state index in [0.29, 0.717) is 19.6 Å². The lowest BCUT2D eigenvalue weighted by Gasteiger charge is -2.37. The number of carbonyl (C=O) groups excluding carboxylic acids is 1. The maximum Gasteiger partial charge on any atom is 0.277 e. The lowest BCUT2D eigenvalue weighted by Crippen LogP contribution is -2.61. The van der Waals surface area contributed by atoms with Crippen molar-refractivity contribution in [3.05, 3.63) is 0 Å². The molecule has 1 heterocycles. The van der Waals surface area contributed by atoms with Crippen molar-refractivity contribution < 1.29 is 13.2 Å². The van der Waals surface area contributed by atoms with Crippen LogP contribution in [0.25, 0.3) is 0 Å². The van der Waals surface area contributed by atoms with Crippen molar-refractivity contribution in [1.82, 2.24) is 9.62 Å². The number of hydrogen-bond acceptors (Lipinski definition) is 4. The van der Waals surface area contributed by atoms with Crippen molar-refractivity contribution in [2.75, 3.05) is 19.6 Å². The van der Waals surface area contributed by atoms with Crippen LogP contribution in [0.2, 0.25) is 0 Å². The van der Waals surface area contributed by atoms with Gasteiger partial charge in [-0.3, -0.25) is 4.79 Å². The zero-order valence-electron chi connectivity index (χ0n) is 7.64. The Morgan fingerprint density at radius 2 is 2.07 bits per heavy atom. The number of hydrogen-bond donors (Lipinski definition) is 3. The van der Waals surface area contributed by atoms with Crippen molar-refractivity contribution >= 4 is 16.1 Å². The normalized spacial score (nSPS) is 19.2. The van der Waals surface area contributed by atoms with Crippen molar-refractivity contribution in [3.63, 3.8) is 0 Å². The third-order valence-corrected chi connectivity index (χ3v) is 3.03. The molecule has 0 aromatic carbocycles. The van der Waals surface area contributed by atoms with Gasteiger partial charge in [0.15, 0.2) is 0 Å². The molecule has 1 rings (SSSR count). The molecular weight excluding hydrogens is 208 g/mol. The quantitative estimate of drug-likeness (QED) is 0.470. The summed E-state index contributed by atoms with van der Waals surface area (Å²) in [6, 6.07) is 0.0766. The van der Waals surface area contributed by atoms with Crippen LogP contribution >= 0.6 is 0 Å². The molecule has 0 unspecified atom stereocenters. The Morgan fingerprint density at radius 1 is 1.50 bits per heavy atom. The molecule has 0 saturated carbocycles. The Hall–Kier alpha value is -0.700. The van der Waals surface area contributed by atoms with Crippen LogP contribution < -0.4 is 16.2 Å². The number of carbonyl (C=O) groups is 1. The van der Waals surface area contributed by atoms with Crippen LogP contribution in [0.5, 0.6) is 0 Å². The molecular formula is C6H14N4O3S. The molecule has 0 aromatic rings. The van der Waals surface area contributed by atoms with Gasteiger partial charge in [-0.05, 0) is 0 Å². The molecule has 0 bridgehead atoms. The second kappa shape index (κ2) is 4.22. The van der Waals surface area contributed by atoms with Crippen LogP contribution in [0.3, 0.4) is 0 Å². The van der Waals surface area contributed by atoms with E-state index in [1.807, 2.05) is 0 Å². The SMILES string of the molecule is NC(=O)CCNC1CN(S(N)(=O)=O)C1. The lowest BCUT2D eigenvalue weighted by molar-refractivity contribution is -0.117. The minimum absolute atomic E-state index is 0.0766. The number of primary amides is 1. The lowest BCUT2D eigenvalue weighted by atomic mass is 10.2. The van der Waals surface area contributed by atoms with Gasteiger partial charge < -0.3 is 11.1 Å². The smallest absolute Gasteiger partial charge is 0.277 e. The monoisotopic (exact) mass is 222 g/mol. The molecule has 0 aliphatic carbocycles. The van der Waals surface area contributed by atoms with Crippen LogP contribution in [-0.2, 0) is 15.0 Å². The van der Waals surface area contributed by atoms with Crippen molar-refractivity contribution in [1.29, 1.82) is 0 Å². The first-order valence-corrected chi connectivity index (χ1v) is 5.69. The van der Waals surface area contributed by atoms with Gasteiger partial charge in [-0.25, -0.2) is 5.14 Å². The maximum absolute atomic E-state index is 10.7. The average Bonchev–Trinajstić information content (AvgIpc) is 1.90. The molecule has 1 amide bonds. The topological polar surface area (TPSA) is 119 Å². The summed E-state index contributed by atoms with van der Waals surface area (Å²) in [7, 11) is -3.54. The average molecular weight is 222 g/mol. The third-order valence-electron chi connectivity index (χ3n) is 2.01. The molecule has 0 spiro atoms. The van der Waals surface area contributed by atoms with E-state index in [0.717, 1.165) is 4.31 Å². The minimum Gasteiger partial charge on any atom is -0.370 e. The van der Waals surface area contributed by atoms with E-state index < -0.39 is 10.2 Å². The highest BCUT2D eigenvalue weighted by Gasteiger charge is 2.32. The van der Waals surface area contributed by atoms with Gasteiger partial charge in [0.2, 0.25) is 5.91 Å². The van der Waals surface area contributed by atoms with Gasteiger partial charge >= 0.3 is 0 Å². The van der Waals surface area contributed by atoms with Gasteiger partial charge in [-0.1, -0.05) is 0 Å². The number of amides is 1. The first kappa shape index (κ1) is 11.4. The molecule has 0 atom stereocenters. The maximum atomic E-state index is 10.7. The second-order valence-electron chi connectivity index (χ2n) is 3.23. The Balaban J connectivity index is 2.14. The standard InChI is InChI=1S/C6H14N4O3S/c7-6(11)1-2-9-5-3-10(4-5)14(8,12)13/h5,9H,1-4H2,(H2,7,11)(H2,8,12,13). The predicted octanol–water partition coefficient (Wildman–Crippen LogP) is -2.66. The summed E-state index contributed by atoms with van der Waals surface area (Å²) < 4.78 is 22.6. The van der Waals surface area contributed by atoms with Gasteiger partial charge in [0.25, 0.3) is 10.2 Å². The Kier molecular flexibility index (Phi) is 3.43. The fraction of sp³-hybridized carbons (Fsp3) is 0.833. The fourth-order valence-electron chi connectivity index (χ4n) is 1.17. The Morgan fingerprint density at radius 3 is 2.50 bits per heavy atom. The molecule has 8 heteroatoms. The van der Waals surface area contributed by atoms with Crippen LogP contribution in [0.1, 0.15) is 6.42 Å². The van der Waals surface area contributed by atoms with Gasteiger partial charge in [-0.2, -0.15) is 12.7 Å². The Bertz CT molecular complexity index is 309. The molecule has 1 aliphatic heterocycles. The minimum atomic E-state index is -3.54. The highest BCUT2D eigenvalue weighted by molar-refractivity contribution is 7.86. The summed E-state index contributed by atoms with van der Waals surface area (Å²) in [6.07, 6.45) is 0.256. The highest BCUT2D eigenvalue weighted by Crippen LogP contribution is 2.09. The van der Waals surface area contributed by atoms with Crippen LogP contribution in [0.15, 0.2) is 0 Å². The molecule has 1 saturated heterocycles. The van der Waals surface area contributed by atoms with E-state index in [1.165, 1.54) is 0 Å². The van der Waals surface area contributed by atoms with Crippen molar-refractivity contribution in [3.8, 4) is 0 Å². The number of nitrogens with two attached hydrogens (primary N) is 2. The van der Waals surface area contributed by atoms with E-state index in [1.54, 1.807) is 0 Å². The zero-order chi connectivity index (χ0) is 10.8. The fourth-order valence-corrected chi connectivity index (χ4v) is 1.95. The summed E-state index contributed by atoms with van der Waals surface area (Å²) in [6.45, 7) is 1.19. The summed E-state index contributed by atoms with van der Waals surface area (Å²) >= 11 is 0. The van der Waals surface area contributed by atoms with Gasteiger partial charge in [0.1, 0.15) is 0 Å². The van der Waals surface area contributed by atoms with E-state index >= 15 is 0 Å². The molecule has 0 radical (unpaired) electrons. The summed E-state index contributed by atoms with van der Waals surface area (Å²) in [5, 5.41) is 7.87. The first-order valence-electron chi connectivity index (χ1n) is 4.19. The van der Waals surface area contributed by atoms with Crippen LogP contribution in [0, 0.1) is 0 Å². The largest absolute Gasteiger partial charge is 0.370 e. The molecule has 1 aliphatic rings. The van der Waals surface area contributed by atoms with Gasteiger partial charge in [-0.15, -0.1) is 0 Å². The summed E-state index contributed by atoms with van der Waals surface area (Å²) in [4.78, 5) is 10.4. The third kappa shape index (κ3) is 3.22. The van der Waals surface area contributed by atoms with E-state index in [4.69, 9.17) is 10.9 Å². The number of nitrogens with one attached hydrogen (secondary N) is 1. The summed E-state index contributed by atoms with van der Waals surface area (Å²) in [5.41, 5.74) is 4.93. The van der Waals surface area contributed by atoms with Gasteiger partial charge in [0, 0.05) is 32.1 Å². The number of rotatable bonds is 5. The van der Waals surface area contributed by atoms with Gasteiger partial charge in [0.05, 0.1) is 0 Å². The number of nitrogens with zero attached hydrogens (tertiary/aromatic N) is 1. The predicted molar refractivity (Wildman–Crippen MR) is 50.3 cm³/mol. The van der Waals surface area contributed by atoms with Crippen molar-refractivity contribution in [2.45, 2.75) is 12.5 Å². The first-order chi connectivity index (χ1) is 6.39. The van der Waals surface area contributed by atoms with Crippen LogP contribution in [0.4, 0.5) is 0 Å². The molecule has 14 heavy (non-hydrogen) atoms. The van der Waals surface area contributed by atoms with E-state index in [2.05, 4.69) is 5.32 Å². The molecule has 7 nitrogen and oxygen atoms in total. The molecule has 0 aromatic heterocycles. The van der Waals surface area contributed by atoms with Crippen molar-refractivity contribution in [2.24, 2.45) is 10.9 Å². The summed E-state index contributed by atoms with van der Waals surface area (Å²) in [5.74, 6) is -0.375. The second-order valence-corrected chi connectivity index (χ2v) is 4.78. The molecule has 82 valence electrons. The molecule has 5 N–H and O–H groups in total. The molecule has 1 fully saturated rings.